The van der Waals surface area contributed by atoms with E-state index in [-0.39, 0.29) is 24.4 Å². The summed E-state index contributed by atoms with van der Waals surface area (Å²) in [5.41, 5.74) is 3.23. The van der Waals surface area contributed by atoms with Gasteiger partial charge in [-0.25, -0.2) is 4.98 Å². The van der Waals surface area contributed by atoms with Gasteiger partial charge in [0.15, 0.2) is 0 Å². The number of carbonyl (C=O) groups excluding carboxylic acids is 2. The van der Waals surface area contributed by atoms with Crippen molar-refractivity contribution in [2.75, 3.05) is 25.0 Å². The van der Waals surface area contributed by atoms with Crippen molar-refractivity contribution in [3.8, 4) is 11.3 Å². The molecule has 4 rings (SSSR count). The third kappa shape index (κ3) is 5.23. The molecule has 7 nitrogen and oxygen atoms in total. The van der Waals surface area contributed by atoms with Crippen molar-refractivity contribution < 1.29 is 9.59 Å². The molecule has 1 aliphatic heterocycles. The fourth-order valence-electron chi connectivity index (χ4n) is 4.15. The van der Waals surface area contributed by atoms with Gasteiger partial charge in [-0.2, -0.15) is 0 Å². The minimum Gasteiger partial charge on any atom is -0.352 e. The Hall–Kier alpha value is -3.45. The Labute approximate surface area is 188 Å². The first-order valence-corrected chi connectivity index (χ1v) is 11.2. The second-order valence-electron chi connectivity index (χ2n) is 8.02. The molecule has 1 aromatic heterocycles. The Morgan fingerprint density at radius 1 is 1.12 bits per heavy atom. The van der Waals surface area contributed by atoms with Gasteiger partial charge in [-0.1, -0.05) is 42.8 Å². The van der Waals surface area contributed by atoms with Gasteiger partial charge in [0.25, 0.3) is 5.91 Å². The van der Waals surface area contributed by atoms with Crippen LogP contribution in [0, 0.1) is 0 Å². The zero-order chi connectivity index (χ0) is 22.3. The van der Waals surface area contributed by atoms with Gasteiger partial charge in [0, 0.05) is 17.8 Å². The van der Waals surface area contributed by atoms with Crippen molar-refractivity contribution in [3.05, 3.63) is 72.2 Å². The third-order valence-corrected chi connectivity index (χ3v) is 5.70. The molecule has 7 heteroatoms. The molecule has 1 fully saturated rings. The number of H-pyrrole nitrogens is 1. The number of carbonyl (C=O) groups is 2. The fourth-order valence-corrected chi connectivity index (χ4v) is 4.15. The molecule has 2 aromatic carbocycles. The Bertz CT molecular complexity index is 1060. The van der Waals surface area contributed by atoms with E-state index < -0.39 is 0 Å². The molecule has 3 N–H and O–H groups in total. The van der Waals surface area contributed by atoms with Crippen molar-refractivity contribution in [1.29, 1.82) is 0 Å². The first kappa shape index (κ1) is 21.8. The number of hydrogen-bond acceptors (Lipinski definition) is 4. The molecule has 1 aliphatic rings. The monoisotopic (exact) mass is 431 g/mol. The van der Waals surface area contributed by atoms with Crippen LogP contribution < -0.4 is 10.6 Å². The maximum atomic E-state index is 12.8. The van der Waals surface area contributed by atoms with Crippen LogP contribution in [0.5, 0.6) is 0 Å². The van der Waals surface area contributed by atoms with Crippen molar-refractivity contribution in [2.45, 2.75) is 32.2 Å². The standard InChI is InChI=1S/C25H29N5O2/c1-2-26-25(32)19-11-8-12-20(15-19)28-23(31)17-30-14-7-6-13-22(30)24-27-16-21(29-24)18-9-4-3-5-10-18/h3-5,8-12,15-16,22H,2,6-7,13-14,17H2,1H3,(H,26,32)(H,27,29)(H,28,31). The normalized spacial score (nSPS) is 16.5. The van der Waals surface area contributed by atoms with E-state index in [1.165, 1.54) is 0 Å². The number of amides is 2. The van der Waals surface area contributed by atoms with E-state index >= 15 is 0 Å². The summed E-state index contributed by atoms with van der Waals surface area (Å²) in [6.45, 7) is 3.56. The highest BCUT2D eigenvalue weighted by atomic mass is 16.2. The molecule has 0 spiro atoms. The van der Waals surface area contributed by atoms with Gasteiger partial charge in [-0.3, -0.25) is 14.5 Å². The summed E-state index contributed by atoms with van der Waals surface area (Å²) in [7, 11) is 0. The molecule has 0 radical (unpaired) electrons. The molecule has 3 aromatic rings. The maximum absolute atomic E-state index is 12.8. The summed E-state index contributed by atoms with van der Waals surface area (Å²) in [5.74, 6) is 0.654. The molecule has 1 unspecified atom stereocenters. The first-order chi connectivity index (χ1) is 15.6. The number of aromatic amines is 1. The molecule has 2 amide bonds. The average Bonchev–Trinajstić information content (AvgIpc) is 3.30. The highest BCUT2D eigenvalue weighted by Gasteiger charge is 2.28. The van der Waals surface area contributed by atoms with Crippen molar-refractivity contribution >= 4 is 17.5 Å². The highest BCUT2D eigenvalue weighted by Crippen LogP contribution is 2.30. The van der Waals surface area contributed by atoms with E-state index in [4.69, 9.17) is 0 Å². The third-order valence-electron chi connectivity index (χ3n) is 5.70. The lowest BCUT2D eigenvalue weighted by Gasteiger charge is -2.33. The van der Waals surface area contributed by atoms with Gasteiger partial charge in [-0.15, -0.1) is 0 Å². The van der Waals surface area contributed by atoms with Crippen LogP contribution in [-0.2, 0) is 4.79 Å². The molecule has 0 saturated carbocycles. The number of anilines is 1. The van der Waals surface area contributed by atoms with E-state index in [1.807, 2.05) is 31.3 Å². The second-order valence-corrected chi connectivity index (χ2v) is 8.02. The zero-order valence-corrected chi connectivity index (χ0v) is 18.3. The van der Waals surface area contributed by atoms with Crippen molar-refractivity contribution in [2.24, 2.45) is 0 Å². The molecule has 2 heterocycles. The summed E-state index contributed by atoms with van der Waals surface area (Å²) in [6, 6.07) is 17.2. The molecular formula is C25H29N5O2. The number of benzene rings is 2. The van der Waals surface area contributed by atoms with Gasteiger partial charge in [0.2, 0.25) is 5.91 Å². The lowest BCUT2D eigenvalue weighted by atomic mass is 10.0. The van der Waals surface area contributed by atoms with Crippen LogP contribution >= 0.6 is 0 Å². The molecule has 0 bridgehead atoms. The van der Waals surface area contributed by atoms with Crippen molar-refractivity contribution in [1.82, 2.24) is 20.2 Å². The van der Waals surface area contributed by atoms with Gasteiger partial charge >= 0.3 is 0 Å². The number of likely N-dealkylation sites (tertiary alicyclic amines) is 1. The van der Waals surface area contributed by atoms with Crippen LogP contribution in [0.1, 0.15) is 48.4 Å². The van der Waals surface area contributed by atoms with E-state index in [0.717, 1.165) is 42.9 Å². The number of rotatable bonds is 7. The fraction of sp³-hybridized carbons (Fsp3) is 0.320. The summed E-state index contributed by atoms with van der Waals surface area (Å²) in [4.78, 5) is 35.1. The van der Waals surface area contributed by atoms with E-state index in [2.05, 4.69) is 37.6 Å². The number of nitrogens with one attached hydrogen (secondary N) is 3. The van der Waals surface area contributed by atoms with Crippen LogP contribution in [-0.4, -0.2) is 46.3 Å². The predicted molar refractivity (Wildman–Crippen MR) is 125 cm³/mol. The van der Waals surface area contributed by atoms with Crippen molar-refractivity contribution in [3.63, 3.8) is 0 Å². The predicted octanol–water partition coefficient (Wildman–Crippen LogP) is 3.99. The number of imidazole rings is 1. The molecule has 166 valence electrons. The van der Waals surface area contributed by atoms with Crippen LogP contribution in [0.15, 0.2) is 60.8 Å². The minimum atomic E-state index is -0.147. The van der Waals surface area contributed by atoms with E-state index in [0.29, 0.717) is 17.8 Å². The molecular weight excluding hydrogens is 402 g/mol. The topological polar surface area (TPSA) is 90.1 Å². The number of aromatic nitrogens is 2. The SMILES string of the molecule is CCNC(=O)c1cccc(NC(=O)CN2CCCCC2c2ncc(-c3ccccc3)[nH]2)c1. The van der Waals surface area contributed by atoms with Gasteiger partial charge in [-0.05, 0) is 50.1 Å². The maximum Gasteiger partial charge on any atom is 0.251 e. The summed E-state index contributed by atoms with van der Waals surface area (Å²) < 4.78 is 0. The lowest BCUT2D eigenvalue weighted by Crippen LogP contribution is -2.39. The molecule has 1 saturated heterocycles. The number of hydrogen-bond donors (Lipinski definition) is 3. The highest BCUT2D eigenvalue weighted by molar-refractivity contribution is 5.97. The van der Waals surface area contributed by atoms with Crippen LogP contribution in [0.25, 0.3) is 11.3 Å². The summed E-state index contributed by atoms with van der Waals surface area (Å²) >= 11 is 0. The zero-order valence-electron chi connectivity index (χ0n) is 18.3. The van der Waals surface area contributed by atoms with Crippen LogP contribution in [0.4, 0.5) is 5.69 Å². The Balaban J connectivity index is 1.43. The summed E-state index contributed by atoms with van der Waals surface area (Å²) in [5, 5.41) is 5.71. The van der Waals surface area contributed by atoms with E-state index in [1.54, 1.807) is 24.3 Å². The number of nitrogens with zero attached hydrogens (tertiary/aromatic N) is 2. The summed E-state index contributed by atoms with van der Waals surface area (Å²) in [6.07, 6.45) is 4.99. The molecule has 32 heavy (non-hydrogen) atoms. The Morgan fingerprint density at radius 3 is 2.78 bits per heavy atom. The smallest absolute Gasteiger partial charge is 0.251 e. The van der Waals surface area contributed by atoms with Gasteiger partial charge < -0.3 is 15.6 Å². The average molecular weight is 432 g/mol. The Kier molecular flexibility index (Phi) is 6.97. The molecule has 1 atom stereocenters. The second kappa shape index (κ2) is 10.2. The Morgan fingerprint density at radius 2 is 1.97 bits per heavy atom. The lowest BCUT2D eigenvalue weighted by molar-refractivity contribution is -0.118. The van der Waals surface area contributed by atoms with Gasteiger partial charge in [0.1, 0.15) is 5.82 Å². The largest absolute Gasteiger partial charge is 0.352 e. The van der Waals surface area contributed by atoms with Crippen LogP contribution in [0.2, 0.25) is 0 Å². The van der Waals surface area contributed by atoms with Crippen LogP contribution in [0.3, 0.4) is 0 Å². The minimum absolute atomic E-state index is 0.0774. The molecule has 0 aliphatic carbocycles. The van der Waals surface area contributed by atoms with Gasteiger partial charge in [0.05, 0.1) is 24.5 Å². The number of piperidine rings is 1. The quantitative estimate of drug-likeness (QED) is 0.528. The first-order valence-electron chi connectivity index (χ1n) is 11.2. The van der Waals surface area contributed by atoms with E-state index in [9.17, 15) is 9.59 Å².